The van der Waals surface area contributed by atoms with Gasteiger partial charge in [0.2, 0.25) is 0 Å². The van der Waals surface area contributed by atoms with Gasteiger partial charge in [-0.1, -0.05) is 12.8 Å². The molecule has 2 N–H and O–H groups in total. The molecule has 0 aromatic carbocycles. The van der Waals surface area contributed by atoms with Crippen molar-refractivity contribution in [3.8, 4) is 0 Å². The van der Waals surface area contributed by atoms with Crippen LogP contribution in [0.4, 0.5) is 0 Å². The molecule has 1 aliphatic rings. The molecule has 0 aliphatic heterocycles. The Morgan fingerprint density at radius 1 is 1.24 bits per heavy atom. The first-order valence-corrected chi connectivity index (χ1v) is 6.44. The van der Waals surface area contributed by atoms with Crippen LogP contribution in [0.25, 0.3) is 0 Å². The molecule has 4 heteroatoms. The summed E-state index contributed by atoms with van der Waals surface area (Å²) >= 11 is 0. The Kier molecular flexibility index (Phi) is 4.47. The average molecular weight is 234 g/mol. The van der Waals surface area contributed by atoms with Crippen molar-refractivity contribution in [2.45, 2.75) is 25.8 Å². The van der Waals surface area contributed by atoms with Crippen molar-refractivity contribution < 1.29 is 0 Å². The van der Waals surface area contributed by atoms with E-state index in [0.717, 1.165) is 31.5 Å². The zero-order valence-corrected chi connectivity index (χ0v) is 10.5. The lowest BCUT2D eigenvalue weighted by atomic mass is 10.3. The molecule has 1 saturated carbocycles. The minimum absolute atomic E-state index is 0.901. The van der Waals surface area contributed by atoms with Gasteiger partial charge < -0.3 is 15.2 Å². The van der Waals surface area contributed by atoms with Crippen LogP contribution in [0, 0.1) is 5.92 Å². The van der Waals surface area contributed by atoms with Crippen molar-refractivity contribution in [3.05, 3.63) is 24.5 Å². The maximum Gasteiger partial charge on any atom is 0.191 e. The first-order chi connectivity index (χ1) is 8.38. The number of rotatable bonds is 6. The standard InChI is InChI=1S/C13H22N4/c1-14-13(15-7-6-12-4-5-12)16-8-11-17-9-2-3-10-17/h2-3,9-10,12H,4-8,11H2,1H3,(H2,14,15,16). The number of hydrogen-bond acceptors (Lipinski definition) is 1. The molecule has 1 aromatic heterocycles. The third-order valence-corrected chi connectivity index (χ3v) is 3.09. The van der Waals surface area contributed by atoms with Crippen molar-refractivity contribution in [2.24, 2.45) is 10.9 Å². The normalized spacial score (nSPS) is 15.9. The van der Waals surface area contributed by atoms with Gasteiger partial charge in [0, 0.05) is 39.1 Å². The van der Waals surface area contributed by atoms with Crippen LogP contribution in [0.15, 0.2) is 29.5 Å². The van der Waals surface area contributed by atoms with Crippen LogP contribution in [0.3, 0.4) is 0 Å². The van der Waals surface area contributed by atoms with E-state index >= 15 is 0 Å². The molecule has 1 heterocycles. The fourth-order valence-electron chi connectivity index (χ4n) is 1.84. The molecule has 2 rings (SSSR count). The average Bonchev–Trinajstić information content (AvgIpc) is 3.02. The molecule has 17 heavy (non-hydrogen) atoms. The molecule has 0 unspecified atom stereocenters. The topological polar surface area (TPSA) is 41.4 Å². The first-order valence-electron chi connectivity index (χ1n) is 6.44. The minimum atomic E-state index is 0.901. The van der Waals surface area contributed by atoms with E-state index in [-0.39, 0.29) is 0 Å². The van der Waals surface area contributed by atoms with E-state index in [1.54, 1.807) is 0 Å². The Morgan fingerprint density at radius 3 is 2.59 bits per heavy atom. The predicted octanol–water partition coefficient (Wildman–Crippen LogP) is 1.45. The van der Waals surface area contributed by atoms with Gasteiger partial charge in [-0.2, -0.15) is 0 Å². The van der Waals surface area contributed by atoms with Gasteiger partial charge in [-0.05, 0) is 24.5 Å². The number of nitrogens with one attached hydrogen (secondary N) is 2. The highest BCUT2D eigenvalue weighted by molar-refractivity contribution is 5.79. The first kappa shape index (κ1) is 12.0. The van der Waals surface area contributed by atoms with Gasteiger partial charge in [-0.15, -0.1) is 0 Å². The number of hydrogen-bond donors (Lipinski definition) is 2. The molecule has 4 nitrogen and oxygen atoms in total. The van der Waals surface area contributed by atoms with Gasteiger partial charge in [-0.3, -0.25) is 4.99 Å². The summed E-state index contributed by atoms with van der Waals surface area (Å²) in [6.45, 7) is 2.90. The third-order valence-electron chi connectivity index (χ3n) is 3.09. The molecule has 0 saturated heterocycles. The highest BCUT2D eigenvalue weighted by Crippen LogP contribution is 2.31. The molecule has 94 valence electrons. The zero-order chi connectivity index (χ0) is 11.9. The molecule has 1 aliphatic carbocycles. The smallest absolute Gasteiger partial charge is 0.191 e. The fourth-order valence-corrected chi connectivity index (χ4v) is 1.84. The Balaban J connectivity index is 1.58. The summed E-state index contributed by atoms with van der Waals surface area (Å²) in [5.74, 6) is 1.89. The van der Waals surface area contributed by atoms with Crippen LogP contribution in [0.5, 0.6) is 0 Å². The third kappa shape index (κ3) is 4.51. The lowest BCUT2D eigenvalue weighted by molar-refractivity contribution is 0.650. The summed E-state index contributed by atoms with van der Waals surface area (Å²) in [5.41, 5.74) is 0. The molecular formula is C13H22N4. The maximum atomic E-state index is 4.21. The van der Waals surface area contributed by atoms with E-state index in [4.69, 9.17) is 0 Å². The molecule has 0 spiro atoms. The Morgan fingerprint density at radius 2 is 1.94 bits per heavy atom. The summed E-state index contributed by atoms with van der Waals surface area (Å²) in [6.07, 6.45) is 8.26. The van der Waals surface area contributed by atoms with Gasteiger partial charge in [-0.25, -0.2) is 0 Å². The lowest BCUT2D eigenvalue weighted by Gasteiger charge is -2.11. The van der Waals surface area contributed by atoms with Crippen molar-refractivity contribution in [1.29, 1.82) is 0 Å². The molecule has 0 amide bonds. The molecule has 0 bridgehead atoms. The second kappa shape index (κ2) is 6.33. The Hall–Kier alpha value is -1.45. The summed E-state index contributed by atoms with van der Waals surface area (Å²) in [5, 5.41) is 6.67. The van der Waals surface area contributed by atoms with Crippen LogP contribution in [0.1, 0.15) is 19.3 Å². The monoisotopic (exact) mass is 234 g/mol. The Labute approximate surface area is 103 Å². The van der Waals surface area contributed by atoms with Gasteiger partial charge in [0.1, 0.15) is 0 Å². The van der Waals surface area contributed by atoms with Crippen LogP contribution in [-0.4, -0.2) is 30.7 Å². The highest BCUT2D eigenvalue weighted by Gasteiger charge is 2.20. The van der Waals surface area contributed by atoms with Crippen molar-refractivity contribution >= 4 is 5.96 Å². The van der Waals surface area contributed by atoms with E-state index in [0.29, 0.717) is 0 Å². The predicted molar refractivity (Wildman–Crippen MR) is 71.1 cm³/mol. The highest BCUT2D eigenvalue weighted by atomic mass is 15.2. The van der Waals surface area contributed by atoms with Crippen LogP contribution >= 0.6 is 0 Å². The van der Waals surface area contributed by atoms with E-state index in [1.807, 2.05) is 19.2 Å². The van der Waals surface area contributed by atoms with Crippen molar-refractivity contribution in [2.75, 3.05) is 20.1 Å². The summed E-state index contributed by atoms with van der Waals surface area (Å²) in [4.78, 5) is 4.21. The SMILES string of the molecule is CN=C(NCCC1CC1)NCCn1cccc1. The minimum Gasteiger partial charge on any atom is -0.356 e. The molecular weight excluding hydrogens is 212 g/mol. The van der Waals surface area contributed by atoms with E-state index in [9.17, 15) is 0 Å². The largest absolute Gasteiger partial charge is 0.356 e. The molecule has 0 atom stereocenters. The molecule has 0 radical (unpaired) electrons. The second-order valence-corrected chi connectivity index (χ2v) is 4.58. The van der Waals surface area contributed by atoms with Gasteiger partial charge in [0.05, 0.1) is 0 Å². The van der Waals surface area contributed by atoms with E-state index < -0.39 is 0 Å². The number of aromatic nitrogens is 1. The number of guanidine groups is 1. The van der Waals surface area contributed by atoms with Crippen molar-refractivity contribution in [3.63, 3.8) is 0 Å². The van der Waals surface area contributed by atoms with Gasteiger partial charge in [0.15, 0.2) is 5.96 Å². The Bertz CT molecular complexity index is 338. The summed E-state index contributed by atoms with van der Waals surface area (Å²) in [7, 11) is 1.82. The lowest BCUT2D eigenvalue weighted by Crippen LogP contribution is -2.39. The van der Waals surface area contributed by atoms with E-state index in [2.05, 4.69) is 32.6 Å². The number of aliphatic imine (C=N–C) groups is 1. The summed E-state index contributed by atoms with van der Waals surface area (Å²) < 4.78 is 2.16. The van der Waals surface area contributed by atoms with Gasteiger partial charge in [0.25, 0.3) is 0 Å². The maximum absolute atomic E-state index is 4.21. The zero-order valence-electron chi connectivity index (χ0n) is 10.5. The van der Waals surface area contributed by atoms with Crippen LogP contribution in [-0.2, 0) is 6.54 Å². The van der Waals surface area contributed by atoms with Crippen LogP contribution < -0.4 is 10.6 Å². The van der Waals surface area contributed by atoms with Gasteiger partial charge >= 0.3 is 0 Å². The van der Waals surface area contributed by atoms with Crippen molar-refractivity contribution in [1.82, 2.24) is 15.2 Å². The van der Waals surface area contributed by atoms with E-state index in [1.165, 1.54) is 19.3 Å². The molecule has 1 aromatic rings. The second-order valence-electron chi connectivity index (χ2n) is 4.58. The molecule has 1 fully saturated rings. The number of nitrogens with zero attached hydrogens (tertiary/aromatic N) is 2. The van der Waals surface area contributed by atoms with Crippen LogP contribution in [0.2, 0.25) is 0 Å². The fraction of sp³-hybridized carbons (Fsp3) is 0.615. The quantitative estimate of drug-likeness (QED) is 0.578. The summed E-state index contributed by atoms with van der Waals surface area (Å²) in [6, 6.07) is 4.09.